The lowest BCUT2D eigenvalue weighted by Crippen LogP contribution is -2.26. The fourth-order valence-electron chi connectivity index (χ4n) is 2.78. The molecule has 7 heteroatoms. The van der Waals surface area contributed by atoms with Crippen LogP contribution in [-0.2, 0) is 6.42 Å². The van der Waals surface area contributed by atoms with Crippen molar-refractivity contribution >= 4 is 22.5 Å². The molecule has 1 aromatic heterocycles. The monoisotopic (exact) mass is 363 g/mol. The van der Waals surface area contributed by atoms with Crippen LogP contribution in [0.4, 0.5) is 8.78 Å². The average molecular weight is 364 g/mol. The Balaban J connectivity index is 2.41. The predicted molar refractivity (Wildman–Crippen MR) is 94.8 cm³/mol. The number of aromatic nitrogens is 2. The third kappa shape index (κ3) is 3.15. The molecule has 0 fully saturated rings. The zero-order valence-corrected chi connectivity index (χ0v) is 14.2. The van der Waals surface area contributed by atoms with Crippen LogP contribution in [0.5, 0.6) is 0 Å². The third-order valence-electron chi connectivity index (χ3n) is 4.01. The molecule has 0 radical (unpaired) electrons. The van der Waals surface area contributed by atoms with Crippen molar-refractivity contribution in [3.8, 4) is 5.69 Å². The first-order valence-electron chi connectivity index (χ1n) is 7.73. The van der Waals surface area contributed by atoms with Crippen LogP contribution in [-0.4, -0.2) is 16.1 Å². The van der Waals surface area contributed by atoms with Crippen LogP contribution in [0, 0.1) is 6.92 Å². The van der Waals surface area contributed by atoms with Crippen molar-refractivity contribution in [1.82, 2.24) is 9.55 Å². The summed E-state index contributed by atoms with van der Waals surface area (Å²) in [4.78, 5) is 17.6. The minimum atomic E-state index is -2.63. The molecule has 130 valence electrons. The summed E-state index contributed by atoms with van der Waals surface area (Å²) in [6.45, 7) is 2.02. The molecule has 0 bridgehead atoms. The van der Waals surface area contributed by atoms with Gasteiger partial charge in [0, 0.05) is 12.0 Å². The van der Waals surface area contributed by atoms with E-state index in [-0.39, 0.29) is 22.5 Å². The summed E-state index contributed by atoms with van der Waals surface area (Å²) in [6.07, 6.45) is -2.30. The number of nitrogens with two attached hydrogens (primary N) is 1. The highest BCUT2D eigenvalue weighted by Crippen LogP contribution is 2.25. The lowest BCUT2D eigenvalue weighted by Gasteiger charge is -2.16. The van der Waals surface area contributed by atoms with Gasteiger partial charge in [0.15, 0.2) is 0 Å². The van der Waals surface area contributed by atoms with E-state index < -0.39 is 12.0 Å². The van der Waals surface area contributed by atoms with Crippen LogP contribution in [0.15, 0.2) is 41.2 Å². The van der Waals surface area contributed by atoms with Crippen molar-refractivity contribution in [2.75, 3.05) is 6.54 Å². The van der Waals surface area contributed by atoms with Crippen molar-refractivity contribution < 1.29 is 8.78 Å². The van der Waals surface area contributed by atoms with Gasteiger partial charge >= 0.3 is 0 Å². The highest BCUT2D eigenvalue weighted by atomic mass is 35.5. The topological polar surface area (TPSA) is 60.9 Å². The fraction of sp³-hybridized carbons (Fsp3) is 0.222. The van der Waals surface area contributed by atoms with Crippen LogP contribution in [0.25, 0.3) is 16.6 Å². The van der Waals surface area contributed by atoms with Crippen LogP contribution in [0.3, 0.4) is 0 Å². The van der Waals surface area contributed by atoms with E-state index in [0.717, 1.165) is 0 Å². The maximum absolute atomic E-state index is 13.1. The molecule has 0 atom stereocenters. The van der Waals surface area contributed by atoms with Gasteiger partial charge in [-0.15, -0.1) is 0 Å². The van der Waals surface area contributed by atoms with Crippen molar-refractivity contribution in [2.45, 2.75) is 19.8 Å². The predicted octanol–water partition coefficient (Wildman–Crippen LogP) is 3.79. The standard InChI is InChI=1S/C18H16ClF2N3O/c1-10-5-6-11(17(20)21)9-14(10)24-15(7-8-22)23-13-4-2-3-12(19)16(13)18(24)25/h2-6,9,17H,7-8,22H2,1H3. The van der Waals surface area contributed by atoms with Gasteiger partial charge in [0.2, 0.25) is 0 Å². The Morgan fingerprint density at radius 3 is 2.72 bits per heavy atom. The van der Waals surface area contributed by atoms with Crippen molar-refractivity contribution in [3.63, 3.8) is 0 Å². The SMILES string of the molecule is Cc1ccc(C(F)F)cc1-n1c(CCN)nc2cccc(Cl)c2c1=O. The van der Waals surface area contributed by atoms with Crippen molar-refractivity contribution in [3.05, 3.63) is 68.7 Å². The largest absolute Gasteiger partial charge is 0.330 e. The first-order chi connectivity index (χ1) is 11.9. The molecule has 1 heterocycles. The van der Waals surface area contributed by atoms with E-state index in [1.54, 1.807) is 31.2 Å². The molecular formula is C18H16ClF2N3O. The van der Waals surface area contributed by atoms with Gasteiger partial charge in [-0.2, -0.15) is 0 Å². The number of hydrogen-bond acceptors (Lipinski definition) is 3. The number of fused-ring (bicyclic) bond motifs is 1. The van der Waals surface area contributed by atoms with Crippen LogP contribution < -0.4 is 11.3 Å². The molecule has 0 aliphatic carbocycles. The molecule has 2 N–H and O–H groups in total. The molecule has 3 rings (SSSR count). The highest BCUT2D eigenvalue weighted by molar-refractivity contribution is 6.35. The Morgan fingerprint density at radius 2 is 2.04 bits per heavy atom. The number of aryl methyl sites for hydroxylation is 1. The summed E-state index contributed by atoms with van der Waals surface area (Å²) in [5.41, 5.74) is 6.59. The van der Waals surface area contributed by atoms with Crippen LogP contribution in [0.1, 0.15) is 23.4 Å². The number of nitrogens with zero attached hydrogens (tertiary/aromatic N) is 2. The summed E-state index contributed by atoms with van der Waals surface area (Å²) < 4.78 is 27.6. The summed E-state index contributed by atoms with van der Waals surface area (Å²) >= 11 is 6.17. The first kappa shape index (κ1) is 17.5. The zero-order chi connectivity index (χ0) is 18.1. The first-order valence-corrected chi connectivity index (χ1v) is 8.11. The average Bonchev–Trinajstić information content (AvgIpc) is 2.56. The Morgan fingerprint density at radius 1 is 1.28 bits per heavy atom. The molecule has 0 saturated heterocycles. The van der Waals surface area contributed by atoms with Gasteiger partial charge in [0.25, 0.3) is 12.0 Å². The lowest BCUT2D eigenvalue weighted by atomic mass is 10.1. The molecule has 0 spiro atoms. The molecular weight excluding hydrogens is 348 g/mol. The summed E-state index contributed by atoms with van der Waals surface area (Å²) in [5, 5.41) is 0.525. The van der Waals surface area contributed by atoms with Gasteiger partial charge in [-0.1, -0.05) is 29.8 Å². The fourth-order valence-corrected chi connectivity index (χ4v) is 3.03. The normalized spacial score (nSPS) is 11.4. The maximum Gasteiger partial charge on any atom is 0.267 e. The Hall–Kier alpha value is -2.31. The summed E-state index contributed by atoms with van der Waals surface area (Å²) in [6, 6.07) is 9.21. The van der Waals surface area contributed by atoms with Crippen molar-refractivity contribution in [2.24, 2.45) is 5.73 Å². The number of benzene rings is 2. The van der Waals surface area contributed by atoms with E-state index in [1.807, 2.05) is 0 Å². The zero-order valence-electron chi connectivity index (χ0n) is 13.5. The molecule has 0 saturated carbocycles. The Bertz CT molecular complexity index is 1000. The highest BCUT2D eigenvalue weighted by Gasteiger charge is 2.17. The Kier molecular flexibility index (Phi) is 4.83. The molecule has 4 nitrogen and oxygen atoms in total. The molecule has 3 aromatic rings. The van der Waals surface area contributed by atoms with Crippen LogP contribution in [0.2, 0.25) is 5.02 Å². The second kappa shape index (κ2) is 6.90. The molecule has 2 aromatic carbocycles. The molecule has 0 unspecified atom stereocenters. The Labute approximate surface area is 147 Å². The minimum absolute atomic E-state index is 0.162. The van der Waals surface area contributed by atoms with Crippen molar-refractivity contribution in [1.29, 1.82) is 0 Å². The summed E-state index contributed by atoms with van der Waals surface area (Å²) in [5.74, 6) is 0.414. The number of rotatable bonds is 4. The van der Waals surface area contributed by atoms with E-state index in [9.17, 15) is 13.6 Å². The molecule has 25 heavy (non-hydrogen) atoms. The molecule has 0 aliphatic rings. The second-order valence-corrected chi connectivity index (χ2v) is 6.10. The molecule has 0 aliphatic heterocycles. The number of halogens is 3. The smallest absolute Gasteiger partial charge is 0.267 e. The van der Waals surface area contributed by atoms with Crippen LogP contribution >= 0.6 is 11.6 Å². The van der Waals surface area contributed by atoms with E-state index >= 15 is 0 Å². The van der Waals surface area contributed by atoms with Gasteiger partial charge in [0.05, 0.1) is 21.6 Å². The minimum Gasteiger partial charge on any atom is -0.330 e. The summed E-state index contributed by atoms with van der Waals surface area (Å²) in [7, 11) is 0. The lowest BCUT2D eigenvalue weighted by molar-refractivity contribution is 0.151. The van der Waals surface area contributed by atoms with Gasteiger partial charge in [-0.05, 0) is 37.2 Å². The molecule has 0 amide bonds. The van der Waals surface area contributed by atoms with E-state index in [4.69, 9.17) is 17.3 Å². The van der Waals surface area contributed by atoms with E-state index in [1.165, 1.54) is 16.7 Å². The van der Waals surface area contributed by atoms with E-state index in [0.29, 0.717) is 29.0 Å². The van der Waals surface area contributed by atoms with E-state index in [2.05, 4.69) is 4.98 Å². The number of alkyl halides is 2. The van der Waals surface area contributed by atoms with Gasteiger partial charge in [-0.3, -0.25) is 9.36 Å². The maximum atomic E-state index is 13.1. The number of hydrogen-bond donors (Lipinski definition) is 1. The van der Waals surface area contributed by atoms with Gasteiger partial charge in [0.1, 0.15) is 5.82 Å². The van der Waals surface area contributed by atoms with Gasteiger partial charge < -0.3 is 5.73 Å². The quantitative estimate of drug-likeness (QED) is 0.767. The second-order valence-electron chi connectivity index (χ2n) is 5.69. The third-order valence-corrected chi connectivity index (χ3v) is 4.33. The van der Waals surface area contributed by atoms with Gasteiger partial charge in [-0.25, -0.2) is 13.8 Å².